The number of hydrogen-bond donors (Lipinski definition) is 0. The Kier molecular flexibility index (Phi) is 3.76. The number of fused-ring (bicyclic) bond motifs is 1. The van der Waals surface area contributed by atoms with Crippen molar-refractivity contribution in [3.05, 3.63) is 64.3 Å². The highest BCUT2D eigenvalue weighted by Gasteiger charge is 2.29. The number of piperazine rings is 1. The van der Waals surface area contributed by atoms with Crippen LogP contribution in [0.1, 0.15) is 5.56 Å². The molecule has 2 aromatic heterocycles. The van der Waals surface area contributed by atoms with Crippen molar-refractivity contribution in [2.45, 2.75) is 6.92 Å². The molecule has 0 saturated carbocycles. The molecule has 0 atom stereocenters. The van der Waals surface area contributed by atoms with Gasteiger partial charge in [0.05, 0.1) is 6.20 Å². The zero-order chi connectivity index (χ0) is 17.4. The zero-order valence-corrected chi connectivity index (χ0v) is 14.0. The van der Waals surface area contributed by atoms with Gasteiger partial charge in [-0.25, -0.2) is 0 Å². The number of rotatable bonds is 3. The van der Waals surface area contributed by atoms with Crippen molar-refractivity contribution in [1.82, 2.24) is 9.38 Å². The third-order valence-electron chi connectivity index (χ3n) is 4.61. The Labute approximate surface area is 145 Å². The van der Waals surface area contributed by atoms with Crippen LogP contribution in [-0.4, -0.2) is 40.5 Å². The maximum Gasteiger partial charge on any atom is 0.372 e. The molecule has 0 unspecified atom stereocenters. The summed E-state index contributed by atoms with van der Waals surface area (Å²) in [4.78, 5) is 20.0. The topological polar surface area (TPSA) is 66.9 Å². The second kappa shape index (κ2) is 6.08. The number of hydrogen-bond acceptors (Lipinski definition) is 5. The maximum atomic E-state index is 11.6. The first-order chi connectivity index (χ1) is 12.1. The van der Waals surface area contributed by atoms with Gasteiger partial charge in [0.15, 0.2) is 0 Å². The normalized spacial score (nSPS) is 14.9. The lowest BCUT2D eigenvalue weighted by atomic mass is 10.2. The van der Waals surface area contributed by atoms with Crippen LogP contribution in [0.15, 0.2) is 48.7 Å². The van der Waals surface area contributed by atoms with Gasteiger partial charge in [0.2, 0.25) is 11.5 Å². The summed E-state index contributed by atoms with van der Waals surface area (Å²) in [5.41, 5.74) is 3.03. The molecule has 7 heteroatoms. The molecule has 0 bridgehead atoms. The van der Waals surface area contributed by atoms with Crippen LogP contribution in [-0.2, 0) is 0 Å². The van der Waals surface area contributed by atoms with E-state index in [4.69, 9.17) is 0 Å². The number of pyridine rings is 1. The second-order valence-electron chi connectivity index (χ2n) is 6.26. The highest BCUT2D eigenvalue weighted by Crippen LogP contribution is 2.30. The van der Waals surface area contributed by atoms with E-state index in [1.54, 1.807) is 22.7 Å². The highest BCUT2D eigenvalue weighted by atomic mass is 16.6. The molecule has 1 aromatic carbocycles. The lowest BCUT2D eigenvalue weighted by Crippen LogP contribution is -2.46. The SMILES string of the molecule is Cc1cccc(N2CCN(c3nc4ccccn4c3[N+](=O)[O-])CC2)c1. The number of anilines is 2. The summed E-state index contributed by atoms with van der Waals surface area (Å²) < 4.78 is 1.54. The number of aromatic nitrogens is 2. The van der Waals surface area contributed by atoms with Gasteiger partial charge >= 0.3 is 5.82 Å². The predicted octanol–water partition coefficient (Wildman–Crippen LogP) is 2.88. The van der Waals surface area contributed by atoms with E-state index < -0.39 is 0 Å². The Balaban J connectivity index is 1.60. The molecule has 25 heavy (non-hydrogen) atoms. The van der Waals surface area contributed by atoms with Gasteiger partial charge in [-0.2, -0.15) is 9.38 Å². The van der Waals surface area contributed by atoms with E-state index in [-0.39, 0.29) is 10.7 Å². The molecule has 3 aromatic rings. The van der Waals surface area contributed by atoms with E-state index >= 15 is 0 Å². The van der Waals surface area contributed by atoms with E-state index in [1.165, 1.54) is 11.3 Å². The summed E-state index contributed by atoms with van der Waals surface area (Å²) >= 11 is 0. The van der Waals surface area contributed by atoms with Crippen LogP contribution >= 0.6 is 0 Å². The van der Waals surface area contributed by atoms with Crippen LogP contribution in [0.25, 0.3) is 5.65 Å². The Bertz CT molecular complexity index is 928. The zero-order valence-electron chi connectivity index (χ0n) is 14.0. The van der Waals surface area contributed by atoms with Crippen molar-refractivity contribution in [1.29, 1.82) is 0 Å². The smallest absolute Gasteiger partial charge is 0.368 e. The summed E-state index contributed by atoms with van der Waals surface area (Å²) in [6.45, 7) is 5.13. The standard InChI is InChI=1S/C18H19N5O2/c1-14-5-4-6-15(13-14)20-9-11-21(12-10-20)17-18(23(24)25)22-8-3-2-7-16(22)19-17/h2-8,13H,9-12H2,1H3. The largest absolute Gasteiger partial charge is 0.372 e. The minimum absolute atomic E-state index is 0.0413. The molecule has 1 fully saturated rings. The third kappa shape index (κ3) is 2.77. The average molecular weight is 337 g/mol. The van der Waals surface area contributed by atoms with Crippen LogP contribution in [0.3, 0.4) is 0 Å². The van der Waals surface area contributed by atoms with Crippen molar-refractivity contribution < 1.29 is 4.92 Å². The summed E-state index contributed by atoms with van der Waals surface area (Å²) in [5, 5.41) is 11.6. The molecule has 4 rings (SSSR count). The molecule has 0 N–H and O–H groups in total. The molecule has 3 heterocycles. The minimum Gasteiger partial charge on any atom is -0.368 e. The quantitative estimate of drug-likeness (QED) is 0.543. The molecule has 128 valence electrons. The van der Waals surface area contributed by atoms with Gasteiger partial charge in [-0.1, -0.05) is 18.2 Å². The van der Waals surface area contributed by atoms with Gasteiger partial charge in [0.1, 0.15) is 0 Å². The summed E-state index contributed by atoms with van der Waals surface area (Å²) in [6, 6.07) is 13.8. The molecule has 0 radical (unpaired) electrons. The first-order valence-electron chi connectivity index (χ1n) is 8.31. The fourth-order valence-electron chi connectivity index (χ4n) is 3.35. The summed E-state index contributed by atoms with van der Waals surface area (Å²) in [6.07, 6.45) is 1.69. The van der Waals surface area contributed by atoms with Gasteiger partial charge in [0.25, 0.3) is 0 Å². The van der Waals surface area contributed by atoms with Crippen molar-refractivity contribution in [2.24, 2.45) is 0 Å². The summed E-state index contributed by atoms with van der Waals surface area (Å²) in [5.74, 6) is 0.500. The van der Waals surface area contributed by atoms with Crippen LogP contribution in [0.5, 0.6) is 0 Å². The fourth-order valence-corrected chi connectivity index (χ4v) is 3.35. The highest BCUT2D eigenvalue weighted by molar-refractivity contribution is 5.64. The first kappa shape index (κ1) is 15.4. The summed E-state index contributed by atoms with van der Waals surface area (Å²) in [7, 11) is 0. The number of benzene rings is 1. The Morgan fingerprint density at radius 3 is 2.52 bits per heavy atom. The van der Waals surface area contributed by atoms with Gasteiger partial charge in [-0.15, -0.1) is 0 Å². The van der Waals surface area contributed by atoms with Crippen LogP contribution < -0.4 is 9.80 Å². The first-order valence-corrected chi connectivity index (χ1v) is 8.31. The molecule has 0 amide bonds. The lowest BCUT2D eigenvalue weighted by molar-refractivity contribution is -0.389. The monoisotopic (exact) mass is 337 g/mol. The van der Waals surface area contributed by atoms with Crippen LogP contribution in [0.2, 0.25) is 0 Å². The van der Waals surface area contributed by atoms with Gasteiger partial charge < -0.3 is 19.9 Å². The molecule has 0 aliphatic carbocycles. The van der Waals surface area contributed by atoms with E-state index in [0.29, 0.717) is 24.6 Å². The van der Waals surface area contributed by atoms with E-state index in [1.807, 2.05) is 11.0 Å². The molecule has 1 saturated heterocycles. The molecular formula is C18H19N5O2. The third-order valence-corrected chi connectivity index (χ3v) is 4.61. The van der Waals surface area contributed by atoms with E-state index in [9.17, 15) is 10.1 Å². The van der Waals surface area contributed by atoms with Gasteiger partial charge in [-0.3, -0.25) is 0 Å². The molecule has 0 spiro atoms. The predicted molar refractivity (Wildman–Crippen MR) is 97.5 cm³/mol. The van der Waals surface area contributed by atoms with Gasteiger partial charge in [0, 0.05) is 37.9 Å². The van der Waals surface area contributed by atoms with E-state index in [2.05, 4.69) is 41.1 Å². The van der Waals surface area contributed by atoms with Gasteiger partial charge in [-0.05, 0) is 35.6 Å². The Morgan fingerprint density at radius 2 is 1.80 bits per heavy atom. The second-order valence-corrected chi connectivity index (χ2v) is 6.26. The molecule has 1 aliphatic heterocycles. The number of nitro groups is 1. The fraction of sp³-hybridized carbons (Fsp3) is 0.278. The lowest BCUT2D eigenvalue weighted by Gasteiger charge is -2.36. The Hall–Kier alpha value is -3.09. The molecule has 1 aliphatic rings. The van der Waals surface area contributed by atoms with E-state index in [0.717, 1.165) is 13.1 Å². The maximum absolute atomic E-state index is 11.6. The van der Waals surface area contributed by atoms with Crippen LogP contribution in [0.4, 0.5) is 17.3 Å². The van der Waals surface area contributed by atoms with Crippen molar-refractivity contribution >= 4 is 23.0 Å². The number of imidazole rings is 1. The average Bonchev–Trinajstić information content (AvgIpc) is 3.01. The van der Waals surface area contributed by atoms with Crippen molar-refractivity contribution in [3.63, 3.8) is 0 Å². The minimum atomic E-state index is -0.345. The van der Waals surface area contributed by atoms with Crippen molar-refractivity contribution in [3.8, 4) is 0 Å². The van der Waals surface area contributed by atoms with Crippen LogP contribution in [0, 0.1) is 17.0 Å². The number of aryl methyl sites for hydroxylation is 1. The number of nitrogens with zero attached hydrogens (tertiary/aromatic N) is 5. The Morgan fingerprint density at radius 1 is 1.04 bits per heavy atom. The molecule has 7 nitrogen and oxygen atoms in total. The molecular weight excluding hydrogens is 318 g/mol. The van der Waals surface area contributed by atoms with Crippen molar-refractivity contribution in [2.75, 3.05) is 36.0 Å².